The molecule has 5 rings (SSSR count). The number of carbonyl (C=O) groups is 1. The molecule has 3 heterocycles. The fourth-order valence-electron chi connectivity index (χ4n) is 6.13. The van der Waals surface area contributed by atoms with Gasteiger partial charge in [-0.15, -0.1) is 0 Å². The lowest BCUT2D eigenvalue weighted by molar-refractivity contribution is 0.0512. The average Bonchev–Trinajstić information content (AvgIpc) is 3.36. The van der Waals surface area contributed by atoms with Gasteiger partial charge in [-0.05, 0) is 68.4 Å². The van der Waals surface area contributed by atoms with Crippen LogP contribution in [0.1, 0.15) is 82.3 Å². The zero-order valence-corrected chi connectivity index (χ0v) is 20.9. The van der Waals surface area contributed by atoms with Crippen molar-refractivity contribution in [1.29, 1.82) is 0 Å². The topological polar surface area (TPSA) is 55.7 Å². The van der Waals surface area contributed by atoms with E-state index in [9.17, 15) is 4.79 Å². The molecular weight excluding hydrogens is 426 g/mol. The van der Waals surface area contributed by atoms with Gasteiger partial charge in [0.15, 0.2) is 11.5 Å². The third-order valence-electron chi connectivity index (χ3n) is 8.09. The van der Waals surface area contributed by atoms with Gasteiger partial charge >= 0.3 is 0 Å². The van der Waals surface area contributed by atoms with Gasteiger partial charge in [0.25, 0.3) is 5.91 Å². The van der Waals surface area contributed by atoms with E-state index in [1.165, 1.54) is 31.4 Å². The van der Waals surface area contributed by atoms with E-state index in [4.69, 9.17) is 9.47 Å². The van der Waals surface area contributed by atoms with Gasteiger partial charge in [0, 0.05) is 44.1 Å². The minimum absolute atomic E-state index is 0. The number of nitrogens with one attached hydrogen (secondary N) is 1. The van der Waals surface area contributed by atoms with Crippen LogP contribution in [0.15, 0.2) is 36.5 Å². The van der Waals surface area contributed by atoms with Gasteiger partial charge in [-0.25, -0.2) is 0 Å². The number of hydrogen-bond donors (Lipinski definition) is 1. The summed E-state index contributed by atoms with van der Waals surface area (Å²) >= 11 is 0. The number of nitrogens with zero attached hydrogens (tertiary/aromatic N) is 2. The molecule has 1 aliphatic carbocycles. The van der Waals surface area contributed by atoms with Crippen molar-refractivity contribution in [2.45, 2.75) is 76.4 Å². The van der Waals surface area contributed by atoms with Gasteiger partial charge in [-0.2, -0.15) is 0 Å². The molecule has 2 aliphatic heterocycles. The summed E-state index contributed by atoms with van der Waals surface area (Å²) in [6.07, 6.45) is 10.3. The number of fused-ring (bicyclic) bond motifs is 4. The highest BCUT2D eigenvalue weighted by atomic mass is 16.5. The standard InChI is InChI=1S/C28H39N3O3.H2/c1-20(2)12-18-34-24-11-10-21(19-25(24)33-3)27(32)30-16-13-28(14-17-30)26-9-6-15-31(26)23-8-5-4-7-22(23)29-28;/h6,9-11,15,19-20,22-23,29H,4-5,7-8,12-14,16-18H2,1-3H3;1H/t22-,23+;/m1./s1. The first-order valence-electron chi connectivity index (χ1n) is 13.1. The molecule has 1 amide bonds. The Morgan fingerprint density at radius 1 is 1.18 bits per heavy atom. The highest BCUT2D eigenvalue weighted by Gasteiger charge is 2.46. The summed E-state index contributed by atoms with van der Waals surface area (Å²) < 4.78 is 14.0. The first-order valence-corrected chi connectivity index (χ1v) is 13.1. The molecule has 0 radical (unpaired) electrons. The fourth-order valence-corrected chi connectivity index (χ4v) is 6.13. The molecule has 0 bridgehead atoms. The molecule has 0 unspecified atom stereocenters. The van der Waals surface area contributed by atoms with E-state index in [-0.39, 0.29) is 12.9 Å². The molecule has 1 N–H and O–H groups in total. The van der Waals surface area contributed by atoms with Crippen LogP contribution in [0.25, 0.3) is 0 Å². The maximum absolute atomic E-state index is 13.4. The SMILES string of the molecule is COc1cc(C(=O)N2CCC3(CC2)N[C@@H]2CCCC[C@@H]2n2cccc23)ccc1OCCC(C)C.[HH]. The van der Waals surface area contributed by atoms with Crippen molar-refractivity contribution in [2.24, 2.45) is 5.92 Å². The maximum Gasteiger partial charge on any atom is 0.253 e. The molecule has 1 spiro atoms. The Morgan fingerprint density at radius 2 is 1.97 bits per heavy atom. The number of ether oxygens (including phenoxy) is 2. The van der Waals surface area contributed by atoms with Crippen LogP contribution in [0.5, 0.6) is 11.5 Å². The molecule has 1 saturated carbocycles. The number of likely N-dealkylation sites (tertiary alicyclic amines) is 1. The van der Waals surface area contributed by atoms with E-state index < -0.39 is 0 Å². The van der Waals surface area contributed by atoms with Gasteiger partial charge < -0.3 is 24.3 Å². The zero-order valence-electron chi connectivity index (χ0n) is 20.9. The summed E-state index contributed by atoms with van der Waals surface area (Å²) in [7, 11) is 1.63. The number of carbonyl (C=O) groups excluding carboxylic acids is 1. The van der Waals surface area contributed by atoms with E-state index in [1.807, 2.05) is 23.1 Å². The van der Waals surface area contributed by atoms with Crippen LogP contribution in [0, 0.1) is 5.92 Å². The normalized spacial score (nSPS) is 23.5. The summed E-state index contributed by atoms with van der Waals surface area (Å²) in [4.78, 5) is 15.4. The van der Waals surface area contributed by atoms with Crippen molar-refractivity contribution in [1.82, 2.24) is 14.8 Å². The minimum Gasteiger partial charge on any atom is -0.493 e. The Bertz CT molecular complexity index is 1010. The predicted octanol–water partition coefficient (Wildman–Crippen LogP) is 5.39. The van der Waals surface area contributed by atoms with Gasteiger partial charge in [0.05, 0.1) is 19.3 Å². The number of rotatable bonds is 6. The molecule has 2 fully saturated rings. The lowest BCUT2D eigenvalue weighted by atomic mass is 9.77. The Kier molecular flexibility index (Phi) is 6.61. The number of methoxy groups -OCH3 is 1. The van der Waals surface area contributed by atoms with Crippen LogP contribution in [0.3, 0.4) is 0 Å². The van der Waals surface area contributed by atoms with Crippen LogP contribution in [-0.4, -0.2) is 48.2 Å². The first kappa shape index (κ1) is 23.3. The van der Waals surface area contributed by atoms with Crippen LogP contribution in [-0.2, 0) is 5.54 Å². The Labute approximate surface area is 205 Å². The molecular formula is C28H41N3O3. The molecule has 1 saturated heterocycles. The van der Waals surface area contributed by atoms with Crippen molar-refractivity contribution in [3.05, 3.63) is 47.8 Å². The highest BCUT2D eigenvalue weighted by Crippen LogP contribution is 2.44. The third kappa shape index (κ3) is 4.33. The maximum atomic E-state index is 13.4. The van der Waals surface area contributed by atoms with Crippen molar-refractivity contribution in [3.8, 4) is 11.5 Å². The summed E-state index contributed by atoms with van der Waals surface area (Å²) in [6.45, 7) is 6.51. The van der Waals surface area contributed by atoms with Gasteiger partial charge in [-0.1, -0.05) is 26.7 Å². The van der Waals surface area contributed by atoms with Crippen molar-refractivity contribution >= 4 is 5.91 Å². The fraction of sp³-hybridized carbons (Fsp3) is 0.607. The zero-order chi connectivity index (χ0) is 23.7. The molecule has 1 aromatic carbocycles. The van der Waals surface area contributed by atoms with E-state index >= 15 is 0 Å². The third-order valence-corrected chi connectivity index (χ3v) is 8.09. The van der Waals surface area contributed by atoms with Gasteiger partial charge in [0.2, 0.25) is 0 Å². The molecule has 34 heavy (non-hydrogen) atoms. The second-order valence-electron chi connectivity index (χ2n) is 10.7. The summed E-state index contributed by atoms with van der Waals surface area (Å²) in [5.41, 5.74) is 2.05. The van der Waals surface area contributed by atoms with Crippen LogP contribution >= 0.6 is 0 Å². The van der Waals surface area contributed by atoms with Gasteiger partial charge in [-0.3, -0.25) is 4.79 Å². The lowest BCUT2D eigenvalue weighted by Crippen LogP contribution is -2.61. The monoisotopic (exact) mass is 467 g/mol. The van der Waals surface area contributed by atoms with Crippen LogP contribution < -0.4 is 14.8 Å². The van der Waals surface area contributed by atoms with Gasteiger partial charge in [0.1, 0.15) is 0 Å². The van der Waals surface area contributed by atoms with E-state index in [2.05, 4.69) is 42.1 Å². The number of aromatic nitrogens is 1. The quantitative estimate of drug-likeness (QED) is 0.619. The smallest absolute Gasteiger partial charge is 0.253 e. The van der Waals surface area contributed by atoms with E-state index in [0.29, 0.717) is 41.7 Å². The van der Waals surface area contributed by atoms with Crippen molar-refractivity contribution in [2.75, 3.05) is 26.8 Å². The van der Waals surface area contributed by atoms with Crippen LogP contribution in [0.4, 0.5) is 0 Å². The minimum atomic E-state index is -0.0232. The predicted molar refractivity (Wildman–Crippen MR) is 136 cm³/mol. The Hall–Kier alpha value is -2.47. The largest absolute Gasteiger partial charge is 0.493 e. The molecule has 186 valence electrons. The lowest BCUT2D eigenvalue weighted by Gasteiger charge is -2.52. The summed E-state index contributed by atoms with van der Waals surface area (Å²) in [5.74, 6) is 1.98. The second-order valence-corrected chi connectivity index (χ2v) is 10.7. The second kappa shape index (κ2) is 9.65. The Morgan fingerprint density at radius 3 is 2.74 bits per heavy atom. The Balaban J connectivity index is 0.00000289. The molecule has 6 heteroatoms. The average molecular weight is 468 g/mol. The van der Waals surface area contributed by atoms with E-state index in [0.717, 1.165) is 32.4 Å². The molecule has 2 atom stereocenters. The molecule has 1 aromatic heterocycles. The molecule has 3 aliphatic rings. The van der Waals surface area contributed by atoms with E-state index in [1.54, 1.807) is 7.11 Å². The first-order chi connectivity index (χ1) is 16.5. The molecule has 6 nitrogen and oxygen atoms in total. The number of piperidine rings is 1. The highest BCUT2D eigenvalue weighted by molar-refractivity contribution is 5.95. The summed E-state index contributed by atoms with van der Waals surface area (Å²) in [6, 6.07) is 11.2. The number of benzene rings is 1. The van der Waals surface area contributed by atoms with Crippen molar-refractivity contribution in [3.63, 3.8) is 0 Å². The summed E-state index contributed by atoms with van der Waals surface area (Å²) in [5, 5.41) is 4.07. The van der Waals surface area contributed by atoms with Crippen LogP contribution in [0.2, 0.25) is 0 Å². The number of amides is 1. The molecule has 2 aromatic rings. The number of hydrogen-bond acceptors (Lipinski definition) is 4. The van der Waals surface area contributed by atoms with Crippen molar-refractivity contribution < 1.29 is 15.7 Å².